The minimum Gasteiger partial charge on any atom is -0.493 e. The molecule has 138 valence electrons. The van der Waals surface area contributed by atoms with Gasteiger partial charge in [0.25, 0.3) is 5.91 Å². The number of para-hydroxylation sites is 2. The molecule has 0 saturated heterocycles. The Kier molecular flexibility index (Phi) is 6.50. The van der Waals surface area contributed by atoms with E-state index in [1.54, 1.807) is 12.1 Å². The number of amides is 1. The minimum absolute atomic E-state index is 0.129. The van der Waals surface area contributed by atoms with Gasteiger partial charge >= 0.3 is 0 Å². The number of hydrogen-bond acceptors (Lipinski definition) is 4. The van der Waals surface area contributed by atoms with Gasteiger partial charge in [0.2, 0.25) is 0 Å². The summed E-state index contributed by atoms with van der Waals surface area (Å²) in [5.74, 6) is 1.66. The van der Waals surface area contributed by atoms with Gasteiger partial charge in [0.05, 0.1) is 18.8 Å². The maximum absolute atomic E-state index is 12.6. The van der Waals surface area contributed by atoms with Crippen LogP contribution in [0.1, 0.15) is 22.8 Å². The van der Waals surface area contributed by atoms with Crippen molar-refractivity contribution in [1.29, 1.82) is 0 Å². The highest BCUT2D eigenvalue weighted by Crippen LogP contribution is 2.26. The summed E-state index contributed by atoms with van der Waals surface area (Å²) in [4.78, 5) is 12.6. The predicted molar refractivity (Wildman–Crippen MR) is 99.9 cm³/mol. The summed E-state index contributed by atoms with van der Waals surface area (Å²) in [6.07, 6.45) is 0.906. The second kappa shape index (κ2) is 9.25. The Labute approximate surface area is 154 Å². The van der Waals surface area contributed by atoms with Gasteiger partial charge < -0.3 is 19.5 Å². The fraction of sp³-hybridized carbons (Fsp3) is 0.381. The number of fused-ring (bicyclic) bond motifs is 1. The monoisotopic (exact) mass is 355 g/mol. The van der Waals surface area contributed by atoms with E-state index in [1.165, 1.54) is 5.56 Å². The van der Waals surface area contributed by atoms with Gasteiger partial charge in [-0.25, -0.2) is 0 Å². The van der Waals surface area contributed by atoms with E-state index in [4.69, 9.17) is 14.2 Å². The number of benzene rings is 2. The second-order valence-electron chi connectivity index (χ2n) is 6.24. The van der Waals surface area contributed by atoms with Gasteiger partial charge in [0.15, 0.2) is 0 Å². The van der Waals surface area contributed by atoms with Gasteiger partial charge in [0.1, 0.15) is 18.1 Å². The first kappa shape index (κ1) is 18.3. The van der Waals surface area contributed by atoms with Crippen LogP contribution in [0.25, 0.3) is 0 Å². The maximum atomic E-state index is 12.6. The van der Waals surface area contributed by atoms with Crippen LogP contribution in [0, 0.1) is 5.92 Å². The maximum Gasteiger partial charge on any atom is 0.255 e. The molecule has 0 saturated carbocycles. The van der Waals surface area contributed by atoms with E-state index < -0.39 is 0 Å². The molecule has 2 aromatic rings. The Morgan fingerprint density at radius 1 is 1.15 bits per heavy atom. The van der Waals surface area contributed by atoms with Crippen molar-refractivity contribution < 1.29 is 19.0 Å². The minimum atomic E-state index is -0.129. The molecule has 1 N–H and O–H groups in total. The fourth-order valence-electron chi connectivity index (χ4n) is 2.99. The molecule has 2 aromatic carbocycles. The molecule has 5 heteroatoms. The second-order valence-corrected chi connectivity index (χ2v) is 6.24. The summed E-state index contributed by atoms with van der Waals surface area (Å²) < 4.78 is 16.7. The molecule has 0 bridgehead atoms. The van der Waals surface area contributed by atoms with Crippen LogP contribution in [0.4, 0.5) is 0 Å². The van der Waals surface area contributed by atoms with Crippen LogP contribution < -0.4 is 14.8 Å². The first-order valence-corrected chi connectivity index (χ1v) is 9.06. The van der Waals surface area contributed by atoms with Crippen LogP contribution in [0.5, 0.6) is 11.5 Å². The third kappa shape index (κ3) is 4.76. The molecule has 0 unspecified atom stereocenters. The van der Waals surface area contributed by atoms with Crippen molar-refractivity contribution in [1.82, 2.24) is 5.32 Å². The zero-order chi connectivity index (χ0) is 18.2. The molecule has 5 nitrogen and oxygen atoms in total. The van der Waals surface area contributed by atoms with Crippen molar-refractivity contribution in [3.05, 3.63) is 59.7 Å². The van der Waals surface area contributed by atoms with Crippen LogP contribution in [-0.2, 0) is 11.2 Å². The smallest absolute Gasteiger partial charge is 0.255 e. The quantitative estimate of drug-likeness (QED) is 0.740. The number of carbonyl (C=O) groups is 1. The Hall–Kier alpha value is -2.53. The van der Waals surface area contributed by atoms with Gasteiger partial charge in [-0.2, -0.15) is 0 Å². The van der Waals surface area contributed by atoms with Gasteiger partial charge in [-0.1, -0.05) is 30.3 Å². The molecular formula is C21H25NO4. The Morgan fingerprint density at radius 2 is 1.96 bits per heavy atom. The lowest BCUT2D eigenvalue weighted by molar-refractivity contribution is 0.0923. The van der Waals surface area contributed by atoms with Crippen LogP contribution in [-0.4, -0.2) is 38.9 Å². The van der Waals surface area contributed by atoms with Crippen molar-refractivity contribution in [2.45, 2.75) is 13.3 Å². The SMILES string of the molecule is CCOCCOc1ccccc1C(=O)NC[C@H]1COc2ccccc2C1. The standard InChI is InChI=1S/C21H25NO4/c1-2-24-11-12-25-20-10-6-4-8-18(20)21(23)22-14-16-13-17-7-3-5-9-19(17)26-15-16/h3-10,16H,2,11-15H2,1H3,(H,22,23)/t16-/m0/s1. The van der Waals surface area contributed by atoms with E-state index in [1.807, 2.05) is 37.3 Å². The van der Waals surface area contributed by atoms with Gasteiger partial charge in [-0.3, -0.25) is 4.79 Å². The van der Waals surface area contributed by atoms with Crippen molar-refractivity contribution >= 4 is 5.91 Å². The molecular weight excluding hydrogens is 330 g/mol. The lowest BCUT2D eigenvalue weighted by atomic mass is 9.96. The Morgan fingerprint density at radius 3 is 2.85 bits per heavy atom. The molecule has 26 heavy (non-hydrogen) atoms. The molecule has 1 aliphatic rings. The van der Waals surface area contributed by atoms with E-state index >= 15 is 0 Å². The molecule has 1 amide bonds. The zero-order valence-corrected chi connectivity index (χ0v) is 15.1. The van der Waals surface area contributed by atoms with Crippen LogP contribution >= 0.6 is 0 Å². The van der Waals surface area contributed by atoms with E-state index in [-0.39, 0.29) is 11.8 Å². The topological polar surface area (TPSA) is 56.8 Å². The van der Waals surface area contributed by atoms with Crippen molar-refractivity contribution in [2.24, 2.45) is 5.92 Å². The van der Waals surface area contributed by atoms with Gasteiger partial charge in [-0.05, 0) is 37.1 Å². The molecule has 0 aliphatic carbocycles. The number of carbonyl (C=O) groups excluding carboxylic acids is 1. The lowest BCUT2D eigenvalue weighted by Gasteiger charge is -2.25. The number of ether oxygens (including phenoxy) is 3. The van der Waals surface area contributed by atoms with Crippen LogP contribution in [0.15, 0.2) is 48.5 Å². The first-order chi connectivity index (χ1) is 12.8. The third-order valence-corrected chi connectivity index (χ3v) is 4.33. The zero-order valence-electron chi connectivity index (χ0n) is 15.1. The Bertz CT molecular complexity index is 731. The highest BCUT2D eigenvalue weighted by Gasteiger charge is 2.21. The third-order valence-electron chi connectivity index (χ3n) is 4.33. The molecule has 0 radical (unpaired) electrons. The predicted octanol–water partition coefficient (Wildman–Crippen LogP) is 3.08. The number of nitrogens with one attached hydrogen (secondary N) is 1. The summed E-state index contributed by atoms with van der Waals surface area (Å²) in [6, 6.07) is 15.3. The average Bonchev–Trinajstić information content (AvgIpc) is 2.69. The lowest BCUT2D eigenvalue weighted by Crippen LogP contribution is -2.35. The fourth-order valence-corrected chi connectivity index (χ4v) is 2.99. The largest absolute Gasteiger partial charge is 0.493 e. The molecule has 0 aromatic heterocycles. The van der Waals surface area contributed by atoms with Crippen LogP contribution in [0.3, 0.4) is 0 Å². The van der Waals surface area contributed by atoms with Crippen molar-refractivity contribution in [3.8, 4) is 11.5 Å². The van der Waals surface area contributed by atoms with Gasteiger partial charge in [0, 0.05) is 19.1 Å². The summed E-state index contributed by atoms with van der Waals surface area (Å²) in [7, 11) is 0. The first-order valence-electron chi connectivity index (χ1n) is 9.06. The van der Waals surface area contributed by atoms with E-state index in [2.05, 4.69) is 11.4 Å². The summed E-state index contributed by atoms with van der Waals surface area (Å²) >= 11 is 0. The highest BCUT2D eigenvalue weighted by molar-refractivity contribution is 5.96. The number of hydrogen-bond donors (Lipinski definition) is 1. The Balaban J connectivity index is 1.54. The summed E-state index contributed by atoms with van der Waals surface area (Å²) in [5.41, 5.74) is 1.73. The molecule has 3 rings (SSSR count). The normalized spacial score (nSPS) is 15.7. The molecule has 1 heterocycles. The highest BCUT2D eigenvalue weighted by atomic mass is 16.5. The average molecular weight is 355 g/mol. The van der Waals surface area contributed by atoms with E-state index in [0.717, 1.165) is 12.2 Å². The molecule has 1 aliphatic heterocycles. The molecule has 0 fully saturated rings. The van der Waals surface area contributed by atoms with E-state index in [0.29, 0.717) is 44.3 Å². The van der Waals surface area contributed by atoms with Gasteiger partial charge in [-0.15, -0.1) is 0 Å². The summed E-state index contributed by atoms with van der Waals surface area (Å²) in [5, 5.41) is 3.01. The van der Waals surface area contributed by atoms with Crippen LogP contribution in [0.2, 0.25) is 0 Å². The molecule has 0 spiro atoms. The van der Waals surface area contributed by atoms with Crippen molar-refractivity contribution in [3.63, 3.8) is 0 Å². The van der Waals surface area contributed by atoms with E-state index in [9.17, 15) is 4.79 Å². The number of rotatable bonds is 8. The van der Waals surface area contributed by atoms with Crippen molar-refractivity contribution in [2.75, 3.05) is 33.0 Å². The summed E-state index contributed by atoms with van der Waals surface area (Å²) in [6.45, 7) is 4.70. The molecule has 1 atom stereocenters.